The van der Waals surface area contributed by atoms with Gasteiger partial charge in [0.15, 0.2) is 10.1 Å². The Kier molecular flexibility index (Phi) is 6.90. The van der Waals surface area contributed by atoms with Gasteiger partial charge < -0.3 is 9.47 Å². The van der Waals surface area contributed by atoms with Crippen molar-refractivity contribution in [1.29, 1.82) is 0 Å². The molecule has 2 aromatic heterocycles. The lowest BCUT2D eigenvalue weighted by Crippen LogP contribution is -1.74. The molecule has 0 aliphatic carbocycles. The van der Waals surface area contributed by atoms with Crippen LogP contribution in [0.3, 0.4) is 0 Å². The van der Waals surface area contributed by atoms with E-state index in [-0.39, 0.29) is 0 Å². The molecule has 0 aromatic carbocycles. The molecule has 0 saturated carbocycles. The number of ether oxygens (including phenoxy) is 2. The van der Waals surface area contributed by atoms with Gasteiger partial charge in [0.1, 0.15) is 0 Å². The number of unbranched alkanes of at least 4 members (excludes halogenated alkanes) is 3. The van der Waals surface area contributed by atoms with Crippen molar-refractivity contribution in [2.45, 2.75) is 25.7 Å². The second-order valence-corrected chi connectivity index (χ2v) is 6.55. The summed E-state index contributed by atoms with van der Waals surface area (Å²) in [7, 11) is 3.35. The van der Waals surface area contributed by atoms with Gasteiger partial charge in [-0.15, -0.1) is 0 Å². The topological polar surface area (TPSA) is 18.5 Å². The van der Waals surface area contributed by atoms with E-state index >= 15 is 0 Å². The average Bonchev–Trinajstić information content (AvgIpc) is 3.18. The highest BCUT2D eigenvalue weighted by atomic mass is 32.1. The van der Waals surface area contributed by atoms with Crippen LogP contribution in [0.25, 0.3) is 0 Å². The molecule has 0 amide bonds. The summed E-state index contributed by atoms with van der Waals surface area (Å²) in [4.78, 5) is 2.12. The molecule has 0 N–H and O–H groups in total. The van der Waals surface area contributed by atoms with Crippen molar-refractivity contribution in [3.63, 3.8) is 0 Å². The summed E-state index contributed by atoms with van der Waals surface area (Å²) in [6, 6.07) is 7.89. The number of rotatable bonds is 5. The molecule has 114 valence electrons. The maximum Gasteiger partial charge on any atom is 0.174 e. The first kappa shape index (κ1) is 16.5. The van der Waals surface area contributed by atoms with Gasteiger partial charge in [0, 0.05) is 12.8 Å². The molecule has 0 aliphatic rings. The smallest absolute Gasteiger partial charge is 0.174 e. The third-order valence-corrected chi connectivity index (χ3v) is 4.77. The standard InChI is InChI=1S/C18H18O2S2/c1-19-17-13-11-15(21-17)9-7-5-3-4-6-8-10-16-12-14-18(20-2)22-16/h11-14H,3-6H2,1-2H3. The zero-order valence-corrected chi connectivity index (χ0v) is 14.4. The van der Waals surface area contributed by atoms with Gasteiger partial charge in [0.25, 0.3) is 0 Å². The molecule has 0 atom stereocenters. The van der Waals surface area contributed by atoms with Crippen LogP contribution in [0, 0.1) is 23.7 Å². The summed E-state index contributed by atoms with van der Waals surface area (Å²) in [5, 5.41) is 1.81. The van der Waals surface area contributed by atoms with E-state index < -0.39 is 0 Å². The highest BCUT2D eigenvalue weighted by molar-refractivity contribution is 7.14. The predicted octanol–water partition coefficient (Wildman–Crippen LogP) is 4.79. The molecule has 4 heteroatoms. The van der Waals surface area contributed by atoms with E-state index in [1.807, 2.05) is 24.3 Å². The van der Waals surface area contributed by atoms with E-state index in [0.717, 1.165) is 45.6 Å². The van der Waals surface area contributed by atoms with Crippen LogP contribution >= 0.6 is 22.7 Å². The van der Waals surface area contributed by atoms with Crippen molar-refractivity contribution in [3.05, 3.63) is 34.0 Å². The summed E-state index contributed by atoms with van der Waals surface area (Å²) in [5.74, 6) is 12.7. The summed E-state index contributed by atoms with van der Waals surface area (Å²) < 4.78 is 10.3. The lowest BCUT2D eigenvalue weighted by atomic mass is 10.2. The molecular weight excluding hydrogens is 312 g/mol. The van der Waals surface area contributed by atoms with Crippen molar-refractivity contribution in [1.82, 2.24) is 0 Å². The van der Waals surface area contributed by atoms with Crippen molar-refractivity contribution >= 4 is 22.7 Å². The Morgan fingerprint density at radius 3 is 1.59 bits per heavy atom. The lowest BCUT2D eigenvalue weighted by molar-refractivity contribution is 0.427. The fourth-order valence-corrected chi connectivity index (χ4v) is 3.11. The van der Waals surface area contributed by atoms with Crippen molar-refractivity contribution in [3.8, 4) is 33.8 Å². The maximum absolute atomic E-state index is 5.14. The van der Waals surface area contributed by atoms with Crippen LogP contribution in [-0.4, -0.2) is 14.2 Å². The zero-order valence-electron chi connectivity index (χ0n) is 12.8. The molecule has 0 saturated heterocycles. The van der Waals surface area contributed by atoms with Gasteiger partial charge >= 0.3 is 0 Å². The van der Waals surface area contributed by atoms with Crippen LogP contribution in [0.4, 0.5) is 0 Å². The average molecular weight is 330 g/mol. The fraction of sp³-hybridized carbons (Fsp3) is 0.333. The van der Waals surface area contributed by atoms with Gasteiger partial charge in [-0.1, -0.05) is 46.4 Å². The molecule has 2 heterocycles. The first-order chi connectivity index (χ1) is 10.8. The normalized spacial score (nSPS) is 9.36. The maximum atomic E-state index is 5.14. The summed E-state index contributed by atoms with van der Waals surface area (Å²) in [5.41, 5.74) is 0. The highest BCUT2D eigenvalue weighted by Gasteiger charge is 1.95. The van der Waals surface area contributed by atoms with Crippen molar-refractivity contribution in [2.24, 2.45) is 0 Å². The van der Waals surface area contributed by atoms with E-state index in [2.05, 4.69) is 23.7 Å². The molecule has 0 fully saturated rings. The number of thiophene rings is 2. The third kappa shape index (κ3) is 5.48. The van der Waals surface area contributed by atoms with Gasteiger partial charge in [-0.05, 0) is 37.1 Å². The Hall–Kier alpha value is -1.88. The second-order valence-electron chi connectivity index (χ2n) is 4.46. The first-order valence-corrected chi connectivity index (χ1v) is 8.70. The predicted molar refractivity (Wildman–Crippen MR) is 94.0 cm³/mol. The minimum atomic E-state index is 0.907. The van der Waals surface area contributed by atoms with Gasteiger partial charge in [-0.2, -0.15) is 0 Å². The van der Waals surface area contributed by atoms with Crippen LogP contribution in [-0.2, 0) is 0 Å². The highest BCUT2D eigenvalue weighted by Crippen LogP contribution is 2.23. The van der Waals surface area contributed by atoms with Crippen LogP contribution < -0.4 is 9.47 Å². The molecule has 0 spiro atoms. The Bertz CT molecular complexity index is 642. The van der Waals surface area contributed by atoms with Gasteiger partial charge in [0.05, 0.1) is 24.0 Å². The third-order valence-electron chi connectivity index (χ3n) is 2.84. The molecule has 2 nitrogen and oxygen atoms in total. The largest absolute Gasteiger partial charge is 0.487 e. The minimum absolute atomic E-state index is 0.907. The van der Waals surface area contributed by atoms with Crippen LogP contribution in [0.15, 0.2) is 24.3 Å². The van der Waals surface area contributed by atoms with Crippen LogP contribution in [0.5, 0.6) is 10.1 Å². The Morgan fingerprint density at radius 1 is 0.773 bits per heavy atom. The van der Waals surface area contributed by atoms with Gasteiger partial charge in [0.2, 0.25) is 0 Å². The Morgan fingerprint density at radius 2 is 1.23 bits per heavy atom. The Balaban J connectivity index is 1.64. The molecule has 0 bridgehead atoms. The molecule has 0 aliphatic heterocycles. The molecule has 22 heavy (non-hydrogen) atoms. The monoisotopic (exact) mass is 330 g/mol. The van der Waals surface area contributed by atoms with E-state index in [0.29, 0.717) is 0 Å². The van der Waals surface area contributed by atoms with E-state index in [1.165, 1.54) is 0 Å². The number of methoxy groups -OCH3 is 2. The molecule has 2 aromatic rings. The molecule has 0 radical (unpaired) electrons. The van der Waals surface area contributed by atoms with Crippen molar-refractivity contribution in [2.75, 3.05) is 14.2 Å². The first-order valence-electron chi connectivity index (χ1n) is 7.07. The SMILES string of the molecule is COc1ccc(C#CCCCCC#Cc2ccc(OC)s2)s1. The zero-order chi connectivity index (χ0) is 15.6. The van der Waals surface area contributed by atoms with E-state index in [9.17, 15) is 0 Å². The molecule has 2 rings (SSSR count). The molecular formula is C18H18O2S2. The fourth-order valence-electron chi connectivity index (χ4n) is 1.72. The summed E-state index contributed by atoms with van der Waals surface area (Å²) in [6.07, 6.45) is 3.99. The van der Waals surface area contributed by atoms with Gasteiger partial charge in [-0.3, -0.25) is 0 Å². The van der Waals surface area contributed by atoms with Gasteiger partial charge in [-0.25, -0.2) is 0 Å². The quantitative estimate of drug-likeness (QED) is 0.579. The number of hydrogen-bond acceptors (Lipinski definition) is 4. The Labute approximate surface area is 140 Å². The van der Waals surface area contributed by atoms with Crippen LogP contribution in [0.2, 0.25) is 0 Å². The van der Waals surface area contributed by atoms with E-state index in [1.54, 1.807) is 36.9 Å². The summed E-state index contributed by atoms with van der Waals surface area (Å²) in [6.45, 7) is 0. The minimum Gasteiger partial charge on any atom is -0.487 e. The lowest BCUT2D eigenvalue weighted by Gasteiger charge is -1.89. The molecule has 0 unspecified atom stereocenters. The van der Waals surface area contributed by atoms with Crippen LogP contribution in [0.1, 0.15) is 35.4 Å². The second kappa shape index (κ2) is 9.20. The van der Waals surface area contributed by atoms with Crippen molar-refractivity contribution < 1.29 is 9.47 Å². The van der Waals surface area contributed by atoms with E-state index in [4.69, 9.17) is 9.47 Å². The number of hydrogen-bond donors (Lipinski definition) is 0. The summed E-state index contributed by atoms with van der Waals surface area (Å²) >= 11 is 3.16.